The first-order chi connectivity index (χ1) is 66.1. The summed E-state index contributed by atoms with van der Waals surface area (Å²) in [7, 11) is 0. The molecule has 21 rings (SSSR count). The van der Waals surface area contributed by atoms with Crippen LogP contribution in [0.4, 0.5) is 0 Å². The fourth-order valence-corrected chi connectivity index (χ4v) is 16.8. The molecule has 12 aromatic carbocycles. The van der Waals surface area contributed by atoms with Crippen LogP contribution in [0.1, 0.15) is 108 Å². The Bertz CT molecular complexity index is 7150. The number of carbonyl (C=O) groups is 3. The molecule has 25 heteroatoms. The van der Waals surface area contributed by atoms with Crippen molar-refractivity contribution >= 4 is 142 Å². The number of hydrogen-bond donors (Lipinski definition) is 3. The Kier molecular flexibility index (Phi) is 47.0. The van der Waals surface area contributed by atoms with Crippen LogP contribution in [0.5, 0.6) is 0 Å². The number of fused-ring (bicyclic) bond motifs is 7. The van der Waals surface area contributed by atoms with Crippen molar-refractivity contribution in [3.63, 3.8) is 0 Å². The zero-order valence-corrected chi connectivity index (χ0v) is 93.5. The molecule has 0 amide bonds. The summed E-state index contributed by atoms with van der Waals surface area (Å²) >= 11 is 6.10. The first kappa shape index (κ1) is 114. The quantitative estimate of drug-likeness (QED) is 0.0374. The minimum atomic E-state index is -0.202. The van der Waals surface area contributed by atoms with E-state index in [0.29, 0.717) is 23.0 Å². The molecule has 0 unspecified atom stereocenters. The number of carbonyl (C=O) groups excluding carboxylic acids is 3. The van der Waals surface area contributed by atoms with Crippen molar-refractivity contribution in [2.75, 3.05) is 0 Å². The van der Waals surface area contributed by atoms with Gasteiger partial charge in [0.25, 0.3) is 0 Å². The second-order valence-electron chi connectivity index (χ2n) is 32.1. The molecule has 9 aromatic heterocycles. The summed E-state index contributed by atoms with van der Waals surface area (Å²) in [5.74, 6) is 0.931. The van der Waals surface area contributed by atoms with Crippen LogP contribution in [0, 0.1) is 48.6 Å². The van der Waals surface area contributed by atoms with Crippen LogP contribution < -0.4 is 0 Å². The topological polar surface area (TPSA) is 241 Å². The summed E-state index contributed by atoms with van der Waals surface area (Å²) in [6.45, 7) is 19.0. The van der Waals surface area contributed by atoms with Gasteiger partial charge in [0.15, 0.2) is 22.9 Å². The molecule has 0 aliphatic carbocycles. The van der Waals surface area contributed by atoms with Gasteiger partial charge in [0, 0.05) is 201 Å². The third kappa shape index (κ3) is 32.3. The van der Waals surface area contributed by atoms with Crippen LogP contribution in [0.3, 0.4) is 0 Å². The number of aliphatic hydroxyl groups is 3. The van der Waals surface area contributed by atoms with E-state index in [-0.39, 0.29) is 147 Å². The summed E-state index contributed by atoms with van der Waals surface area (Å²) in [6.07, 6.45) is 19.8. The van der Waals surface area contributed by atoms with Crippen molar-refractivity contribution < 1.29 is 135 Å². The second-order valence-corrected chi connectivity index (χ2v) is 35.4. The molecule has 141 heavy (non-hydrogen) atoms. The zero-order valence-electron chi connectivity index (χ0n) is 78.2. The van der Waals surface area contributed by atoms with Crippen LogP contribution >= 0.6 is 46.1 Å². The molecule has 0 bridgehead atoms. The average Bonchev–Trinajstić information content (AvgIpc) is 1.56. The Morgan fingerprint density at radius 2 is 0.780 bits per heavy atom. The molecular formula is C116H97Ir5N9O7S4-6. The molecule has 0 saturated heterocycles. The largest absolute Gasteiger partial charge is 0.512 e. The van der Waals surface area contributed by atoms with Gasteiger partial charge >= 0.3 is 0 Å². The summed E-state index contributed by atoms with van der Waals surface area (Å²) < 4.78 is 28.0. The Labute approximate surface area is 905 Å². The first-order valence-corrected chi connectivity index (χ1v) is 47.1. The first-order valence-electron chi connectivity index (χ1n) is 44.0. The molecule has 16 nitrogen and oxygen atoms in total. The molecular weight excluding hydrogens is 2720 g/mol. The van der Waals surface area contributed by atoms with Gasteiger partial charge in [0.1, 0.15) is 5.76 Å². The molecule has 9 heterocycles. The van der Waals surface area contributed by atoms with Crippen LogP contribution in [-0.2, 0) is 110 Å². The maximum absolute atomic E-state index is 11.8. The number of aromatic nitrogens is 9. The van der Waals surface area contributed by atoms with E-state index >= 15 is 0 Å². The number of para-hydroxylation sites is 1. The molecule has 0 atom stereocenters. The van der Waals surface area contributed by atoms with Gasteiger partial charge in [-0.3, -0.25) is 14.4 Å². The van der Waals surface area contributed by atoms with E-state index in [2.05, 4.69) is 192 Å². The van der Waals surface area contributed by atoms with Gasteiger partial charge in [-0.2, -0.15) is 0 Å². The minimum Gasteiger partial charge on any atom is -0.512 e. The average molecular weight is 2820 g/mol. The summed E-state index contributed by atoms with van der Waals surface area (Å²) in [4.78, 5) is 49.6. The number of ketones is 3. The molecule has 21 aromatic rings. The maximum atomic E-state index is 11.8. The van der Waals surface area contributed by atoms with Crippen molar-refractivity contribution in [2.45, 2.75) is 81.1 Å². The van der Waals surface area contributed by atoms with Crippen LogP contribution in [0.25, 0.3) is 146 Å². The van der Waals surface area contributed by atoms with Gasteiger partial charge < -0.3 is 39.8 Å². The van der Waals surface area contributed by atoms with Gasteiger partial charge in [0.2, 0.25) is 0 Å². The van der Waals surface area contributed by atoms with E-state index in [9.17, 15) is 24.6 Å². The van der Waals surface area contributed by atoms with E-state index in [1.165, 1.54) is 140 Å². The number of rotatable bonds is 15. The van der Waals surface area contributed by atoms with E-state index in [1.54, 1.807) is 55.0 Å². The summed E-state index contributed by atoms with van der Waals surface area (Å²) in [6, 6.07) is 115. The van der Waals surface area contributed by atoms with E-state index in [4.69, 9.17) is 9.63 Å². The Hall–Kier alpha value is -12.3. The Balaban J connectivity index is 0.000000195. The molecule has 0 aliphatic heterocycles. The fraction of sp³-hybridized carbons (Fsp3) is 0.121. The monoisotopic (exact) mass is 2820 g/mol. The smallest absolute Gasteiger partial charge is 0.189 e. The minimum absolute atomic E-state index is 0. The Morgan fingerprint density at radius 1 is 0.348 bits per heavy atom. The molecule has 0 aliphatic rings. The number of nitrogens with zero attached hydrogens (tertiary/aromatic N) is 9. The molecule has 0 spiro atoms. The second kappa shape index (κ2) is 58.2. The third-order valence-electron chi connectivity index (χ3n) is 20.9. The summed E-state index contributed by atoms with van der Waals surface area (Å²) in [5, 5.41) is 41.9. The number of pyridine rings is 4. The van der Waals surface area contributed by atoms with Gasteiger partial charge in [-0.15, -0.1) is 148 Å². The van der Waals surface area contributed by atoms with Crippen LogP contribution in [-0.4, -0.2) is 75.3 Å². The maximum Gasteiger partial charge on any atom is 0.189 e. The molecule has 5 radical (unpaired) electrons. The normalized spacial score (nSPS) is 10.8. The van der Waals surface area contributed by atoms with Crippen molar-refractivity contribution in [3.05, 3.63) is 435 Å². The SMILES string of the molecule is CC(=O)C=C(C)O.CC(C)C(=O)C=C(O)C(C)C.CC(C)c1cc[c-]c(-c2nccc3cc(C(C)C)ccc23)c1.O=C(C=C(O)c1ccccc1)c1ccccc1.[Ir].[Ir].[Ir].[Ir].[Ir].[c-]1ccccc1-c1nsc2ccccc12.[c-]1ccccc1-c1nsc2ccccc12.[c-]1ncc2ccccc2c1-c1noc2ccccc12.[c-]1ncccc1-c1nsc2ccccc12.[c-]1ncccc1-c1nsc2ccccc12. The van der Waals surface area contributed by atoms with Gasteiger partial charge in [0.05, 0.1) is 11.5 Å². The molecule has 723 valence electrons. The van der Waals surface area contributed by atoms with Crippen LogP contribution in [0.15, 0.2) is 381 Å². The fourth-order valence-electron chi connectivity index (χ4n) is 13.7. The van der Waals surface area contributed by atoms with Gasteiger partial charge in [-0.25, -0.2) is 17.5 Å². The number of benzene rings is 12. The van der Waals surface area contributed by atoms with Crippen LogP contribution in [0.2, 0.25) is 0 Å². The number of aliphatic hydroxyl groups excluding tert-OH is 3. The van der Waals surface area contributed by atoms with E-state index in [0.717, 1.165) is 89.3 Å². The molecule has 0 saturated carbocycles. The van der Waals surface area contributed by atoms with Crippen molar-refractivity contribution in [3.8, 4) is 67.5 Å². The summed E-state index contributed by atoms with van der Waals surface area (Å²) in [5.41, 5.74) is 16.5. The van der Waals surface area contributed by atoms with Gasteiger partial charge in [-0.05, 0) is 177 Å². The number of allylic oxidation sites excluding steroid dienone is 5. The predicted molar refractivity (Wildman–Crippen MR) is 559 cm³/mol. The predicted octanol–water partition coefficient (Wildman–Crippen LogP) is 30.4. The van der Waals surface area contributed by atoms with Crippen molar-refractivity contribution in [2.24, 2.45) is 11.8 Å². The molecule has 0 fully saturated rings. The van der Waals surface area contributed by atoms with Gasteiger partial charge in [-0.1, -0.05) is 278 Å². The third-order valence-corrected chi connectivity index (χ3v) is 24.2. The van der Waals surface area contributed by atoms with Crippen molar-refractivity contribution in [1.82, 2.24) is 42.6 Å². The van der Waals surface area contributed by atoms with Crippen molar-refractivity contribution in [1.29, 1.82) is 0 Å². The zero-order chi connectivity index (χ0) is 95.7. The Morgan fingerprint density at radius 3 is 1.23 bits per heavy atom. The van der Waals surface area contributed by atoms with E-state index in [1.807, 2.05) is 234 Å². The van der Waals surface area contributed by atoms with E-state index < -0.39 is 0 Å². The standard InChI is InChI=1S/C21H22N.C16H9N2O.C15H12O2.2C13H8NS.2C12H7N2S.C9H16O2.C5H8O2.5Ir/c1-14(2)16-6-5-7-19(13-16)21-20-9-8-17(15(3)4)12-18(20)10-11-22-21;1-2-6-12-11(5-1)9-17-10-14(12)16-13-7-3-4-8-15(13)19-18-16;16-14(12-7-3-1-4-8-12)11-15(17)13-9-5-2-6-10-13;2*1-2-6-10(7-3-1)13-11-8-4-5-9-12(11)15-14-13;2*1-2-6-11-10(5-1)12(14-15-11)9-4-3-7-13-8-9;1-6(2)8(10)5-9(11)7(3)4;1-4(6)3-5(2)7;;;;;/h5-6,8-15H,1-4H3;1-9H;1-11,16H;2*1-6,8-9H;2*1-7H;5-7,10H,1-4H3;3,6H,1-2H3;;;;;/q2*-1;;4*-1;;;;;;;. The molecule has 3 N–H and O–H groups in total. The number of hydrogen-bond acceptors (Lipinski definition) is 20.